The van der Waals surface area contributed by atoms with Crippen LogP contribution >= 0.6 is 12.2 Å². The molecule has 0 bridgehead atoms. The van der Waals surface area contributed by atoms with E-state index in [1.54, 1.807) is 12.1 Å². The topological polar surface area (TPSA) is 68.0 Å². The Labute approximate surface area is 112 Å². The second-order valence-corrected chi connectivity index (χ2v) is 5.04. The third kappa shape index (κ3) is 3.26. The molecular weight excluding hydrogens is 246 g/mol. The normalized spacial score (nSPS) is 16.2. The van der Waals surface area contributed by atoms with Crippen LogP contribution in [0.25, 0.3) is 0 Å². The van der Waals surface area contributed by atoms with Crippen molar-refractivity contribution >= 4 is 23.1 Å². The molecule has 0 aromatic carbocycles. The van der Waals surface area contributed by atoms with Crippen LogP contribution in [0.5, 0.6) is 0 Å². The molecule has 96 valence electrons. The Hall–Kier alpha value is -1.49. The van der Waals surface area contributed by atoms with E-state index in [-0.39, 0.29) is 5.91 Å². The maximum absolute atomic E-state index is 12.0. The number of nitrogens with one attached hydrogen (secondary N) is 1. The number of pyridine rings is 1. The van der Waals surface area contributed by atoms with Crippen molar-refractivity contribution in [1.82, 2.24) is 10.3 Å². The minimum Gasteiger partial charge on any atom is -0.389 e. The van der Waals surface area contributed by atoms with Gasteiger partial charge < -0.3 is 11.1 Å². The van der Waals surface area contributed by atoms with Gasteiger partial charge in [-0.1, -0.05) is 31.5 Å². The molecule has 1 saturated carbocycles. The third-order valence-corrected chi connectivity index (χ3v) is 3.46. The smallest absolute Gasteiger partial charge is 0.270 e. The van der Waals surface area contributed by atoms with E-state index < -0.39 is 0 Å². The molecule has 4 nitrogen and oxygen atoms in total. The Morgan fingerprint density at radius 1 is 1.33 bits per heavy atom. The zero-order chi connectivity index (χ0) is 13.0. The van der Waals surface area contributed by atoms with Crippen LogP contribution in [0.1, 0.15) is 48.2 Å². The summed E-state index contributed by atoms with van der Waals surface area (Å²) >= 11 is 4.84. The van der Waals surface area contributed by atoms with Gasteiger partial charge in [-0.15, -0.1) is 0 Å². The van der Waals surface area contributed by atoms with E-state index in [2.05, 4.69) is 10.3 Å². The SMILES string of the molecule is NC(=S)c1ccc(C(=O)NC2CCCCC2)nc1. The third-order valence-electron chi connectivity index (χ3n) is 3.22. The molecule has 0 saturated heterocycles. The van der Waals surface area contributed by atoms with Crippen LogP contribution in [0.4, 0.5) is 0 Å². The highest BCUT2D eigenvalue weighted by Crippen LogP contribution is 2.17. The quantitative estimate of drug-likeness (QED) is 0.816. The first-order valence-corrected chi connectivity index (χ1v) is 6.64. The van der Waals surface area contributed by atoms with Crippen LogP contribution in [-0.2, 0) is 0 Å². The molecule has 1 aliphatic rings. The molecule has 2 rings (SSSR count). The van der Waals surface area contributed by atoms with Gasteiger partial charge in [-0.05, 0) is 25.0 Å². The van der Waals surface area contributed by atoms with Gasteiger partial charge >= 0.3 is 0 Å². The molecule has 1 aromatic heterocycles. The second-order valence-electron chi connectivity index (χ2n) is 4.60. The lowest BCUT2D eigenvalue weighted by Gasteiger charge is -2.22. The first-order chi connectivity index (χ1) is 8.66. The molecule has 0 atom stereocenters. The van der Waals surface area contributed by atoms with Gasteiger partial charge in [0.2, 0.25) is 0 Å². The van der Waals surface area contributed by atoms with Crippen LogP contribution in [0.15, 0.2) is 18.3 Å². The maximum Gasteiger partial charge on any atom is 0.270 e. The lowest BCUT2D eigenvalue weighted by atomic mass is 9.95. The van der Waals surface area contributed by atoms with E-state index >= 15 is 0 Å². The predicted octanol–water partition coefficient (Wildman–Crippen LogP) is 1.78. The molecule has 0 unspecified atom stereocenters. The van der Waals surface area contributed by atoms with Gasteiger partial charge in [0.25, 0.3) is 5.91 Å². The largest absolute Gasteiger partial charge is 0.389 e. The number of amides is 1. The highest BCUT2D eigenvalue weighted by molar-refractivity contribution is 7.80. The van der Waals surface area contributed by atoms with Crippen molar-refractivity contribution in [1.29, 1.82) is 0 Å². The van der Waals surface area contributed by atoms with Gasteiger partial charge in [-0.2, -0.15) is 0 Å². The van der Waals surface area contributed by atoms with E-state index in [4.69, 9.17) is 18.0 Å². The Bertz CT molecular complexity index is 438. The number of carbonyl (C=O) groups is 1. The first-order valence-electron chi connectivity index (χ1n) is 6.23. The molecule has 3 N–H and O–H groups in total. The van der Waals surface area contributed by atoms with Gasteiger partial charge in [0.15, 0.2) is 0 Å². The molecule has 0 radical (unpaired) electrons. The van der Waals surface area contributed by atoms with Crippen LogP contribution in [0.3, 0.4) is 0 Å². The molecule has 1 aromatic rings. The summed E-state index contributed by atoms with van der Waals surface area (Å²) in [6.07, 6.45) is 7.33. The summed E-state index contributed by atoms with van der Waals surface area (Å²) in [6, 6.07) is 3.68. The highest BCUT2D eigenvalue weighted by atomic mass is 32.1. The zero-order valence-electron chi connectivity index (χ0n) is 10.2. The van der Waals surface area contributed by atoms with Crippen molar-refractivity contribution in [3.05, 3.63) is 29.6 Å². The number of rotatable bonds is 3. The number of nitrogens with two attached hydrogens (primary N) is 1. The maximum atomic E-state index is 12.0. The van der Waals surface area contributed by atoms with E-state index in [1.165, 1.54) is 25.5 Å². The van der Waals surface area contributed by atoms with Crippen molar-refractivity contribution in [3.63, 3.8) is 0 Å². The molecule has 1 amide bonds. The minimum absolute atomic E-state index is 0.114. The van der Waals surface area contributed by atoms with Crippen molar-refractivity contribution in [2.45, 2.75) is 38.1 Å². The Balaban J connectivity index is 1.97. The van der Waals surface area contributed by atoms with E-state index in [1.807, 2.05) is 0 Å². The molecule has 5 heteroatoms. The fraction of sp³-hybridized carbons (Fsp3) is 0.462. The summed E-state index contributed by atoms with van der Waals surface area (Å²) in [5.74, 6) is -0.114. The lowest BCUT2D eigenvalue weighted by Crippen LogP contribution is -2.36. The molecule has 1 heterocycles. The summed E-state index contributed by atoms with van der Waals surface area (Å²) in [4.78, 5) is 16.3. The van der Waals surface area contributed by atoms with E-state index in [0.717, 1.165) is 12.8 Å². The Kier molecular flexibility index (Phi) is 4.25. The van der Waals surface area contributed by atoms with Crippen molar-refractivity contribution in [2.24, 2.45) is 5.73 Å². The Morgan fingerprint density at radius 2 is 2.06 bits per heavy atom. The molecular formula is C13H17N3OS. The number of aromatic nitrogens is 1. The van der Waals surface area contributed by atoms with Gasteiger partial charge in [0, 0.05) is 17.8 Å². The molecule has 0 aliphatic heterocycles. The molecule has 1 aliphatic carbocycles. The second kappa shape index (κ2) is 5.91. The summed E-state index contributed by atoms with van der Waals surface area (Å²) in [6.45, 7) is 0. The molecule has 18 heavy (non-hydrogen) atoms. The van der Waals surface area contributed by atoms with Crippen molar-refractivity contribution < 1.29 is 4.79 Å². The summed E-state index contributed by atoms with van der Waals surface area (Å²) in [7, 11) is 0. The van der Waals surface area contributed by atoms with Crippen LogP contribution < -0.4 is 11.1 Å². The van der Waals surface area contributed by atoms with Gasteiger partial charge in [0.05, 0.1) is 0 Å². The summed E-state index contributed by atoms with van der Waals surface area (Å²) in [5.41, 5.74) is 6.58. The molecule has 0 spiro atoms. The number of thiocarbonyl (C=S) groups is 1. The van der Waals surface area contributed by atoms with Gasteiger partial charge in [-0.25, -0.2) is 0 Å². The predicted molar refractivity (Wildman–Crippen MR) is 74.5 cm³/mol. The Morgan fingerprint density at radius 3 is 2.61 bits per heavy atom. The highest BCUT2D eigenvalue weighted by Gasteiger charge is 2.17. The van der Waals surface area contributed by atoms with Crippen LogP contribution in [-0.4, -0.2) is 21.9 Å². The monoisotopic (exact) mass is 263 g/mol. The fourth-order valence-corrected chi connectivity index (χ4v) is 2.30. The number of hydrogen-bond acceptors (Lipinski definition) is 3. The first kappa shape index (κ1) is 13.0. The van der Waals surface area contributed by atoms with Gasteiger partial charge in [0.1, 0.15) is 10.7 Å². The number of nitrogens with zero attached hydrogens (tertiary/aromatic N) is 1. The summed E-state index contributed by atoms with van der Waals surface area (Å²) in [5, 5.41) is 3.02. The number of hydrogen-bond donors (Lipinski definition) is 2. The summed E-state index contributed by atoms with van der Waals surface area (Å²) < 4.78 is 0. The molecule has 1 fully saturated rings. The lowest BCUT2D eigenvalue weighted by molar-refractivity contribution is 0.0922. The van der Waals surface area contributed by atoms with E-state index in [9.17, 15) is 4.79 Å². The van der Waals surface area contributed by atoms with Gasteiger partial charge in [-0.3, -0.25) is 9.78 Å². The fourth-order valence-electron chi connectivity index (χ4n) is 2.18. The van der Waals surface area contributed by atoms with Crippen molar-refractivity contribution in [3.8, 4) is 0 Å². The average Bonchev–Trinajstić information content (AvgIpc) is 2.40. The number of carbonyl (C=O) groups excluding carboxylic acids is 1. The average molecular weight is 263 g/mol. The zero-order valence-corrected chi connectivity index (χ0v) is 11.0. The van der Waals surface area contributed by atoms with Crippen LogP contribution in [0.2, 0.25) is 0 Å². The van der Waals surface area contributed by atoms with Crippen LogP contribution in [0, 0.1) is 0 Å². The minimum atomic E-state index is -0.114. The standard InChI is InChI=1S/C13H17N3OS/c14-12(18)9-6-7-11(15-8-9)13(17)16-10-4-2-1-3-5-10/h6-8,10H,1-5H2,(H2,14,18)(H,16,17). The van der Waals surface area contributed by atoms with E-state index in [0.29, 0.717) is 22.3 Å². The van der Waals surface area contributed by atoms with Crippen molar-refractivity contribution in [2.75, 3.05) is 0 Å².